The molecule has 1 fully saturated rings. The molecule has 1 saturated heterocycles. The number of benzene rings is 2. The van der Waals surface area contributed by atoms with Gasteiger partial charge in [0.2, 0.25) is 0 Å². The summed E-state index contributed by atoms with van der Waals surface area (Å²) < 4.78 is 5.86. The van der Waals surface area contributed by atoms with Crippen LogP contribution in [0.4, 0.5) is 0 Å². The van der Waals surface area contributed by atoms with Crippen LogP contribution in [0.2, 0.25) is 0 Å². The topological polar surface area (TPSA) is 38.3 Å². The van der Waals surface area contributed by atoms with Crippen LogP contribution in [0.1, 0.15) is 36.5 Å². The predicted octanol–water partition coefficient (Wildman–Crippen LogP) is 0.842. The maximum absolute atomic E-state index is 10.4. The molecule has 2 aromatic rings. The highest BCUT2D eigenvalue weighted by Gasteiger charge is 2.25. The molecule has 0 aromatic heterocycles. The molecule has 0 unspecified atom stereocenters. The number of nitrogens with one attached hydrogen (secondary N) is 2. The predicted molar refractivity (Wildman–Crippen MR) is 113 cm³/mol. The molecule has 0 bridgehead atoms. The second-order valence-electron chi connectivity index (χ2n) is 8.50. The van der Waals surface area contributed by atoms with Crippen molar-refractivity contribution in [3.05, 3.63) is 65.2 Å². The molecule has 0 aliphatic carbocycles. The van der Waals surface area contributed by atoms with Gasteiger partial charge in [-0.25, -0.2) is 0 Å². The fourth-order valence-corrected chi connectivity index (χ4v) is 4.19. The van der Waals surface area contributed by atoms with Crippen molar-refractivity contribution in [2.75, 3.05) is 39.3 Å². The van der Waals surface area contributed by atoms with E-state index in [1.807, 2.05) is 6.07 Å². The highest BCUT2D eigenvalue weighted by atomic mass is 16.5. The normalized spacial score (nSPS) is 20.9. The summed E-state index contributed by atoms with van der Waals surface area (Å²) in [5, 5.41) is 10.4. The Labute approximate surface area is 169 Å². The Bertz CT molecular complexity index is 725. The molecule has 1 atom stereocenters. The van der Waals surface area contributed by atoms with Crippen LogP contribution in [0, 0.1) is 6.92 Å². The molecule has 1 aliphatic rings. The zero-order valence-electron chi connectivity index (χ0n) is 17.6. The average molecular weight is 385 g/mol. The molecule has 3 rings (SSSR count). The molecule has 4 heteroatoms. The van der Waals surface area contributed by atoms with E-state index in [4.69, 9.17) is 4.74 Å². The summed E-state index contributed by atoms with van der Waals surface area (Å²) in [6.07, 6.45) is -0.421. The summed E-state index contributed by atoms with van der Waals surface area (Å²) >= 11 is 0. The van der Waals surface area contributed by atoms with Crippen LogP contribution in [0.15, 0.2) is 48.5 Å². The van der Waals surface area contributed by atoms with Crippen LogP contribution in [0.5, 0.6) is 5.75 Å². The Kier molecular flexibility index (Phi) is 7.49. The third kappa shape index (κ3) is 6.06. The highest BCUT2D eigenvalue weighted by Crippen LogP contribution is 2.23. The Balaban J connectivity index is 1.39. The van der Waals surface area contributed by atoms with Crippen molar-refractivity contribution < 1.29 is 19.6 Å². The van der Waals surface area contributed by atoms with E-state index in [1.54, 1.807) is 4.90 Å². The molecule has 0 spiro atoms. The van der Waals surface area contributed by atoms with Crippen molar-refractivity contribution in [3.63, 3.8) is 0 Å². The number of aryl methyl sites for hydroxylation is 1. The number of hydrogen-bond acceptors (Lipinski definition) is 2. The largest absolute Gasteiger partial charge is 0.491 e. The first-order chi connectivity index (χ1) is 13.5. The zero-order chi connectivity index (χ0) is 19.9. The summed E-state index contributed by atoms with van der Waals surface area (Å²) in [5.41, 5.74) is 4.02. The first kappa shape index (κ1) is 20.8. The summed E-state index contributed by atoms with van der Waals surface area (Å²) in [6, 6.07) is 17.0. The van der Waals surface area contributed by atoms with E-state index in [2.05, 4.69) is 63.2 Å². The summed E-state index contributed by atoms with van der Waals surface area (Å²) in [5.74, 6) is 1.37. The average Bonchev–Trinajstić information content (AvgIpc) is 2.68. The Morgan fingerprint density at radius 3 is 2.29 bits per heavy atom. The minimum Gasteiger partial charge on any atom is -0.491 e. The molecule has 0 amide bonds. The van der Waals surface area contributed by atoms with Gasteiger partial charge in [0.1, 0.15) is 57.7 Å². The summed E-state index contributed by atoms with van der Waals surface area (Å²) in [7, 11) is 0. The molecule has 152 valence electrons. The molecule has 0 radical (unpaired) electrons. The maximum atomic E-state index is 10.4. The van der Waals surface area contributed by atoms with E-state index < -0.39 is 6.10 Å². The lowest BCUT2D eigenvalue weighted by molar-refractivity contribution is -1.02. The first-order valence-electron chi connectivity index (χ1n) is 10.6. The number of piperazine rings is 1. The fraction of sp³-hybridized carbons (Fsp3) is 0.500. The number of rotatable bonds is 8. The van der Waals surface area contributed by atoms with Crippen LogP contribution < -0.4 is 14.5 Å². The molecule has 1 aliphatic heterocycles. The molecule has 4 nitrogen and oxygen atoms in total. The van der Waals surface area contributed by atoms with Gasteiger partial charge in [-0.3, -0.25) is 0 Å². The zero-order valence-corrected chi connectivity index (χ0v) is 17.6. The van der Waals surface area contributed by atoms with Crippen LogP contribution in [0.25, 0.3) is 0 Å². The number of hydrogen-bond donors (Lipinski definition) is 3. The lowest BCUT2D eigenvalue weighted by Crippen LogP contribution is -3.28. The van der Waals surface area contributed by atoms with Crippen molar-refractivity contribution in [1.82, 2.24) is 0 Å². The van der Waals surface area contributed by atoms with Crippen LogP contribution in [0.3, 0.4) is 0 Å². The maximum Gasteiger partial charge on any atom is 0.137 e. The van der Waals surface area contributed by atoms with Crippen molar-refractivity contribution in [2.24, 2.45) is 0 Å². The van der Waals surface area contributed by atoms with Crippen molar-refractivity contribution in [1.29, 1.82) is 0 Å². The number of quaternary nitrogens is 2. The number of aliphatic hydroxyl groups is 1. The molecule has 2 aromatic carbocycles. The van der Waals surface area contributed by atoms with Crippen LogP contribution in [-0.2, 0) is 6.54 Å². The molecule has 1 heterocycles. The van der Waals surface area contributed by atoms with Crippen molar-refractivity contribution >= 4 is 0 Å². The quantitative estimate of drug-likeness (QED) is 0.631. The monoisotopic (exact) mass is 384 g/mol. The van der Waals surface area contributed by atoms with E-state index in [-0.39, 0.29) is 0 Å². The second-order valence-corrected chi connectivity index (χ2v) is 8.50. The molecule has 3 N–H and O–H groups in total. The Morgan fingerprint density at radius 1 is 0.964 bits per heavy atom. The molecular weight excluding hydrogens is 348 g/mol. The summed E-state index contributed by atoms with van der Waals surface area (Å²) in [6.45, 7) is 13.3. The third-order valence-corrected chi connectivity index (χ3v) is 5.79. The first-order valence-corrected chi connectivity index (χ1v) is 10.6. The van der Waals surface area contributed by atoms with Gasteiger partial charge in [0.15, 0.2) is 0 Å². The van der Waals surface area contributed by atoms with Gasteiger partial charge in [-0.15, -0.1) is 0 Å². The van der Waals surface area contributed by atoms with E-state index in [9.17, 15) is 5.11 Å². The Hall–Kier alpha value is -1.88. The van der Waals surface area contributed by atoms with Gasteiger partial charge in [0, 0.05) is 5.56 Å². The van der Waals surface area contributed by atoms with Crippen molar-refractivity contribution in [3.8, 4) is 5.75 Å². The van der Waals surface area contributed by atoms with Gasteiger partial charge in [-0.2, -0.15) is 0 Å². The minimum atomic E-state index is -0.421. The van der Waals surface area contributed by atoms with E-state index in [0.29, 0.717) is 12.5 Å². The van der Waals surface area contributed by atoms with Gasteiger partial charge >= 0.3 is 0 Å². The molecule has 0 saturated carbocycles. The van der Waals surface area contributed by atoms with E-state index in [1.165, 1.54) is 21.6 Å². The fourth-order valence-electron chi connectivity index (χ4n) is 4.19. The van der Waals surface area contributed by atoms with Crippen LogP contribution >= 0.6 is 0 Å². The van der Waals surface area contributed by atoms with E-state index in [0.717, 1.165) is 45.0 Å². The van der Waals surface area contributed by atoms with Crippen molar-refractivity contribution in [2.45, 2.75) is 39.3 Å². The molecular formula is C24H36N2O2+2. The Morgan fingerprint density at radius 2 is 1.64 bits per heavy atom. The van der Waals surface area contributed by atoms with Crippen LogP contribution in [-0.4, -0.2) is 50.5 Å². The highest BCUT2D eigenvalue weighted by molar-refractivity contribution is 5.36. The summed E-state index contributed by atoms with van der Waals surface area (Å²) in [4.78, 5) is 3.13. The minimum absolute atomic E-state index is 0.366. The SMILES string of the molecule is Cc1cc(OC[C@H](O)C[NH+]2CC[NH+](Cc3ccccc3)CC2)ccc1C(C)C. The van der Waals surface area contributed by atoms with E-state index >= 15 is 0 Å². The molecule has 28 heavy (non-hydrogen) atoms. The number of aliphatic hydroxyl groups excluding tert-OH is 1. The van der Waals surface area contributed by atoms with Gasteiger partial charge < -0.3 is 19.6 Å². The van der Waals surface area contributed by atoms with Gasteiger partial charge in [0.25, 0.3) is 0 Å². The standard InChI is InChI=1S/C24H34N2O2/c1-19(2)24-10-9-23(15-20(24)3)28-18-22(27)17-26-13-11-25(12-14-26)16-21-7-5-4-6-8-21/h4-10,15,19,22,27H,11-14,16-18H2,1-3H3/p+2/t22-/m1/s1. The number of ether oxygens (including phenoxy) is 1. The lowest BCUT2D eigenvalue weighted by atomic mass is 9.98. The smallest absolute Gasteiger partial charge is 0.137 e. The third-order valence-electron chi connectivity index (χ3n) is 5.79. The van der Waals surface area contributed by atoms with Gasteiger partial charge in [-0.05, 0) is 36.1 Å². The second kappa shape index (κ2) is 10.1. The van der Waals surface area contributed by atoms with Gasteiger partial charge in [0.05, 0.1) is 0 Å². The van der Waals surface area contributed by atoms with Gasteiger partial charge in [-0.1, -0.05) is 50.2 Å². The lowest BCUT2D eigenvalue weighted by Gasteiger charge is -2.30.